The molecule has 1 heterocycles. The lowest BCUT2D eigenvalue weighted by Gasteiger charge is -2.22. The van der Waals surface area contributed by atoms with Crippen LogP contribution in [0, 0.1) is 9.49 Å². The van der Waals surface area contributed by atoms with Gasteiger partial charge in [-0.3, -0.25) is 4.79 Å². The molecule has 1 fully saturated rings. The van der Waals surface area contributed by atoms with Crippen LogP contribution in [0.3, 0.4) is 0 Å². The van der Waals surface area contributed by atoms with Gasteiger partial charge in [-0.15, -0.1) is 0 Å². The molecule has 0 spiro atoms. The van der Waals surface area contributed by atoms with Gasteiger partial charge in [-0.25, -0.2) is 0 Å². The Morgan fingerprint density at radius 2 is 2.17 bits per heavy atom. The number of anilines is 1. The largest absolute Gasteiger partial charge is 0.326 e. The summed E-state index contributed by atoms with van der Waals surface area (Å²) in [7, 11) is 0. The maximum Gasteiger partial charge on any atom is 0.224 e. The van der Waals surface area contributed by atoms with Gasteiger partial charge in [-0.1, -0.05) is 0 Å². The van der Waals surface area contributed by atoms with E-state index in [0.29, 0.717) is 12.3 Å². The molecule has 1 aliphatic heterocycles. The number of hydrogen-bond donors (Lipinski definition) is 2. The SMILES string of the molecule is O=C(CCC1CCCNC1)Nc1ccc(I)cc1. The van der Waals surface area contributed by atoms with Crippen molar-refractivity contribution >= 4 is 34.2 Å². The van der Waals surface area contributed by atoms with Crippen LogP contribution >= 0.6 is 22.6 Å². The number of halogens is 1. The Kier molecular flexibility index (Phi) is 5.44. The van der Waals surface area contributed by atoms with Crippen LogP contribution in [0.5, 0.6) is 0 Å². The molecular formula is C14H19IN2O. The molecular weight excluding hydrogens is 339 g/mol. The van der Waals surface area contributed by atoms with Gasteiger partial charge in [-0.2, -0.15) is 0 Å². The Bertz CT molecular complexity index is 385. The lowest BCUT2D eigenvalue weighted by molar-refractivity contribution is -0.116. The minimum absolute atomic E-state index is 0.127. The fourth-order valence-electron chi connectivity index (χ4n) is 2.26. The summed E-state index contributed by atoms with van der Waals surface area (Å²) < 4.78 is 1.18. The van der Waals surface area contributed by atoms with E-state index >= 15 is 0 Å². The third kappa shape index (κ3) is 4.57. The highest BCUT2D eigenvalue weighted by Crippen LogP contribution is 2.17. The normalized spacial score (nSPS) is 19.5. The van der Waals surface area contributed by atoms with E-state index in [1.165, 1.54) is 16.4 Å². The first-order valence-corrected chi connectivity index (χ1v) is 7.58. The summed E-state index contributed by atoms with van der Waals surface area (Å²) in [6.07, 6.45) is 4.11. The van der Waals surface area contributed by atoms with Gasteiger partial charge in [0.1, 0.15) is 0 Å². The van der Waals surface area contributed by atoms with E-state index in [1.54, 1.807) is 0 Å². The zero-order chi connectivity index (χ0) is 12.8. The predicted octanol–water partition coefficient (Wildman–Crippen LogP) is 3.01. The summed E-state index contributed by atoms with van der Waals surface area (Å²) >= 11 is 2.26. The van der Waals surface area contributed by atoms with Gasteiger partial charge in [0.05, 0.1) is 0 Å². The maximum atomic E-state index is 11.8. The maximum absolute atomic E-state index is 11.8. The highest BCUT2D eigenvalue weighted by Gasteiger charge is 2.14. The van der Waals surface area contributed by atoms with Gasteiger partial charge in [0.2, 0.25) is 5.91 Å². The van der Waals surface area contributed by atoms with E-state index in [4.69, 9.17) is 0 Å². The Hall–Kier alpha value is -0.620. The van der Waals surface area contributed by atoms with Crippen LogP contribution in [0.2, 0.25) is 0 Å². The fraction of sp³-hybridized carbons (Fsp3) is 0.500. The number of carbonyl (C=O) groups excluding carboxylic acids is 1. The van der Waals surface area contributed by atoms with Gasteiger partial charge < -0.3 is 10.6 Å². The molecule has 1 unspecified atom stereocenters. The number of hydrogen-bond acceptors (Lipinski definition) is 2. The topological polar surface area (TPSA) is 41.1 Å². The van der Waals surface area contributed by atoms with Crippen LogP contribution in [0.4, 0.5) is 5.69 Å². The molecule has 0 saturated carbocycles. The van der Waals surface area contributed by atoms with Crippen molar-refractivity contribution in [1.82, 2.24) is 5.32 Å². The van der Waals surface area contributed by atoms with Crippen molar-refractivity contribution in [3.63, 3.8) is 0 Å². The number of piperidine rings is 1. The quantitative estimate of drug-likeness (QED) is 0.813. The van der Waals surface area contributed by atoms with Crippen LogP contribution in [0.25, 0.3) is 0 Å². The molecule has 2 rings (SSSR count). The number of benzene rings is 1. The van der Waals surface area contributed by atoms with Crippen LogP contribution in [-0.2, 0) is 4.79 Å². The molecule has 1 saturated heterocycles. The van der Waals surface area contributed by atoms with Crippen molar-refractivity contribution in [2.75, 3.05) is 18.4 Å². The minimum atomic E-state index is 0.127. The summed E-state index contributed by atoms with van der Waals surface area (Å²) in [6.45, 7) is 2.20. The lowest BCUT2D eigenvalue weighted by Crippen LogP contribution is -2.30. The second kappa shape index (κ2) is 7.09. The molecule has 98 valence electrons. The smallest absolute Gasteiger partial charge is 0.224 e. The third-order valence-corrected chi connectivity index (χ3v) is 4.03. The van der Waals surface area contributed by atoms with Crippen molar-refractivity contribution in [1.29, 1.82) is 0 Å². The first-order valence-electron chi connectivity index (χ1n) is 6.50. The van der Waals surface area contributed by atoms with Gasteiger partial charge in [0.15, 0.2) is 0 Å². The van der Waals surface area contributed by atoms with Crippen LogP contribution in [-0.4, -0.2) is 19.0 Å². The summed E-state index contributed by atoms with van der Waals surface area (Å²) in [5, 5.41) is 6.33. The van der Waals surface area contributed by atoms with Gasteiger partial charge in [0, 0.05) is 15.7 Å². The molecule has 4 heteroatoms. The van der Waals surface area contributed by atoms with Crippen molar-refractivity contribution in [2.24, 2.45) is 5.92 Å². The van der Waals surface area contributed by atoms with Gasteiger partial charge in [0.25, 0.3) is 0 Å². The van der Waals surface area contributed by atoms with Crippen LogP contribution in [0.1, 0.15) is 25.7 Å². The fourth-order valence-corrected chi connectivity index (χ4v) is 2.62. The molecule has 0 radical (unpaired) electrons. The molecule has 1 amide bonds. The van der Waals surface area contributed by atoms with E-state index in [0.717, 1.165) is 25.2 Å². The molecule has 0 aromatic heterocycles. The Balaban J connectivity index is 1.73. The monoisotopic (exact) mass is 358 g/mol. The first-order chi connectivity index (χ1) is 8.74. The molecule has 0 aliphatic carbocycles. The van der Waals surface area contributed by atoms with Gasteiger partial charge in [-0.05, 0) is 85.1 Å². The summed E-state index contributed by atoms with van der Waals surface area (Å²) in [5.74, 6) is 0.794. The highest BCUT2D eigenvalue weighted by molar-refractivity contribution is 14.1. The highest BCUT2D eigenvalue weighted by atomic mass is 127. The Morgan fingerprint density at radius 3 is 2.83 bits per heavy atom. The zero-order valence-corrected chi connectivity index (χ0v) is 12.6. The first kappa shape index (κ1) is 13.8. The van der Waals surface area contributed by atoms with Gasteiger partial charge >= 0.3 is 0 Å². The Morgan fingerprint density at radius 1 is 1.39 bits per heavy atom. The summed E-state index contributed by atoms with van der Waals surface area (Å²) in [4.78, 5) is 11.8. The van der Waals surface area contributed by atoms with Crippen molar-refractivity contribution < 1.29 is 4.79 Å². The third-order valence-electron chi connectivity index (χ3n) is 3.31. The van der Waals surface area contributed by atoms with Crippen molar-refractivity contribution in [3.05, 3.63) is 27.8 Å². The zero-order valence-electron chi connectivity index (χ0n) is 10.4. The summed E-state index contributed by atoms with van der Waals surface area (Å²) in [5.41, 5.74) is 0.891. The van der Waals surface area contributed by atoms with Crippen molar-refractivity contribution in [2.45, 2.75) is 25.7 Å². The number of carbonyl (C=O) groups is 1. The van der Waals surface area contributed by atoms with E-state index in [-0.39, 0.29) is 5.91 Å². The average Bonchev–Trinajstić information content (AvgIpc) is 2.40. The van der Waals surface area contributed by atoms with E-state index in [2.05, 4.69) is 33.2 Å². The number of nitrogens with one attached hydrogen (secondary N) is 2. The average molecular weight is 358 g/mol. The molecule has 1 aliphatic rings. The molecule has 3 nitrogen and oxygen atoms in total. The second-order valence-electron chi connectivity index (χ2n) is 4.81. The van der Waals surface area contributed by atoms with Crippen LogP contribution < -0.4 is 10.6 Å². The predicted molar refractivity (Wildman–Crippen MR) is 82.6 cm³/mol. The van der Waals surface area contributed by atoms with E-state index in [1.807, 2.05) is 24.3 Å². The minimum Gasteiger partial charge on any atom is -0.326 e. The van der Waals surface area contributed by atoms with E-state index in [9.17, 15) is 4.79 Å². The standard InChI is InChI=1S/C14H19IN2O/c15-12-4-6-13(7-5-12)17-14(18)8-3-11-2-1-9-16-10-11/h4-7,11,16H,1-3,8-10H2,(H,17,18). The van der Waals surface area contributed by atoms with Crippen LogP contribution in [0.15, 0.2) is 24.3 Å². The van der Waals surface area contributed by atoms with Crippen molar-refractivity contribution in [3.8, 4) is 0 Å². The molecule has 18 heavy (non-hydrogen) atoms. The number of rotatable bonds is 4. The number of amides is 1. The lowest BCUT2D eigenvalue weighted by atomic mass is 9.94. The molecule has 1 aromatic rings. The molecule has 0 bridgehead atoms. The van der Waals surface area contributed by atoms with E-state index < -0.39 is 0 Å². The Labute approximate surface area is 122 Å². The summed E-state index contributed by atoms with van der Waals surface area (Å²) in [6, 6.07) is 7.89. The molecule has 1 aromatic carbocycles. The second-order valence-corrected chi connectivity index (χ2v) is 6.05. The molecule has 1 atom stereocenters. The molecule has 2 N–H and O–H groups in total.